The van der Waals surface area contributed by atoms with E-state index in [0.29, 0.717) is 10.9 Å². The quantitative estimate of drug-likeness (QED) is 0.821. The number of benzene rings is 1. The number of hydrogen-bond acceptors (Lipinski definition) is 3. The van der Waals surface area contributed by atoms with E-state index in [1.807, 2.05) is 0 Å². The molecular weight excluding hydrogens is 316 g/mol. The highest BCUT2D eigenvalue weighted by atomic mass is 35.5. The van der Waals surface area contributed by atoms with Crippen LogP contribution in [0.2, 0.25) is 5.02 Å². The summed E-state index contributed by atoms with van der Waals surface area (Å²) in [4.78, 5) is 11.9. The maximum absolute atomic E-state index is 13.7. The van der Waals surface area contributed by atoms with Gasteiger partial charge in [-0.15, -0.1) is 0 Å². The standard InChI is InChI=1S/C12H7ClF4N2O2/c1-5-6(12(15,16)17)4-18-19(11(5)21)9-3-10(20)7(13)2-8(9)14/h2-4,20H,1H3. The second kappa shape index (κ2) is 5.03. The number of aromatic nitrogens is 2. The minimum absolute atomic E-state index is 0.298. The van der Waals surface area contributed by atoms with Crippen molar-refractivity contribution in [3.8, 4) is 11.4 Å². The fourth-order valence-electron chi connectivity index (χ4n) is 1.69. The molecule has 0 radical (unpaired) electrons. The summed E-state index contributed by atoms with van der Waals surface area (Å²) in [7, 11) is 0. The van der Waals surface area contributed by atoms with Crippen LogP contribution in [0.1, 0.15) is 11.1 Å². The number of nitrogens with zero attached hydrogens (tertiary/aromatic N) is 2. The first-order valence-electron chi connectivity index (χ1n) is 5.47. The summed E-state index contributed by atoms with van der Waals surface area (Å²) < 4.78 is 52.1. The molecule has 0 aliphatic heterocycles. The highest BCUT2D eigenvalue weighted by molar-refractivity contribution is 6.32. The van der Waals surface area contributed by atoms with Crippen LogP contribution in [0.25, 0.3) is 5.69 Å². The zero-order valence-corrected chi connectivity index (χ0v) is 11.1. The van der Waals surface area contributed by atoms with E-state index in [0.717, 1.165) is 19.1 Å². The Morgan fingerprint density at radius 2 is 1.95 bits per heavy atom. The van der Waals surface area contributed by atoms with Gasteiger partial charge < -0.3 is 5.11 Å². The lowest BCUT2D eigenvalue weighted by atomic mass is 10.2. The monoisotopic (exact) mass is 322 g/mol. The Labute approximate surface area is 120 Å². The van der Waals surface area contributed by atoms with Crippen molar-refractivity contribution in [2.45, 2.75) is 13.1 Å². The number of phenolic OH excluding ortho intramolecular Hbond substituents is 1. The number of alkyl halides is 3. The van der Waals surface area contributed by atoms with Crippen LogP contribution >= 0.6 is 11.6 Å². The molecule has 1 heterocycles. The largest absolute Gasteiger partial charge is 0.506 e. The van der Waals surface area contributed by atoms with Crippen molar-refractivity contribution >= 4 is 11.6 Å². The predicted molar refractivity (Wildman–Crippen MR) is 66.2 cm³/mol. The van der Waals surface area contributed by atoms with Crippen LogP contribution in [0.3, 0.4) is 0 Å². The first-order valence-corrected chi connectivity index (χ1v) is 5.85. The van der Waals surface area contributed by atoms with Gasteiger partial charge in [-0.25, -0.2) is 4.39 Å². The molecule has 4 nitrogen and oxygen atoms in total. The molecule has 0 saturated heterocycles. The second-order valence-electron chi connectivity index (χ2n) is 4.15. The highest BCUT2D eigenvalue weighted by Gasteiger charge is 2.34. The van der Waals surface area contributed by atoms with Gasteiger partial charge in [-0.1, -0.05) is 11.6 Å². The van der Waals surface area contributed by atoms with Crippen molar-refractivity contribution in [3.05, 3.63) is 50.7 Å². The number of rotatable bonds is 1. The fraction of sp³-hybridized carbons (Fsp3) is 0.167. The van der Waals surface area contributed by atoms with Crippen molar-refractivity contribution in [1.29, 1.82) is 0 Å². The maximum Gasteiger partial charge on any atom is 0.418 e. The van der Waals surface area contributed by atoms with Gasteiger partial charge in [-0.2, -0.15) is 23.0 Å². The average molecular weight is 323 g/mol. The summed E-state index contributed by atoms with van der Waals surface area (Å²) in [6, 6.07) is 1.53. The Kier molecular flexibility index (Phi) is 3.66. The van der Waals surface area contributed by atoms with Crippen LogP contribution < -0.4 is 5.56 Å². The number of phenols is 1. The van der Waals surface area contributed by atoms with Gasteiger partial charge in [0.05, 0.1) is 16.8 Å². The van der Waals surface area contributed by atoms with E-state index in [2.05, 4.69) is 5.10 Å². The van der Waals surface area contributed by atoms with Crippen molar-refractivity contribution in [3.63, 3.8) is 0 Å². The molecule has 2 aromatic rings. The van der Waals surface area contributed by atoms with Crippen molar-refractivity contribution in [2.24, 2.45) is 0 Å². The smallest absolute Gasteiger partial charge is 0.418 e. The first kappa shape index (κ1) is 15.3. The Morgan fingerprint density at radius 3 is 2.52 bits per heavy atom. The number of aromatic hydroxyl groups is 1. The molecule has 0 amide bonds. The minimum atomic E-state index is -4.74. The third-order valence-corrected chi connectivity index (χ3v) is 3.07. The molecule has 0 aliphatic carbocycles. The summed E-state index contributed by atoms with van der Waals surface area (Å²) in [6.45, 7) is 0.955. The molecule has 0 unspecified atom stereocenters. The summed E-state index contributed by atoms with van der Waals surface area (Å²) in [6.07, 6.45) is -4.32. The van der Waals surface area contributed by atoms with Crippen molar-refractivity contribution < 1.29 is 22.7 Å². The first-order chi connectivity index (χ1) is 9.62. The van der Waals surface area contributed by atoms with Crippen LogP contribution in [0.5, 0.6) is 5.75 Å². The fourth-order valence-corrected chi connectivity index (χ4v) is 1.84. The zero-order valence-electron chi connectivity index (χ0n) is 10.4. The molecule has 0 aliphatic rings. The van der Waals surface area contributed by atoms with Crippen molar-refractivity contribution in [1.82, 2.24) is 9.78 Å². The van der Waals surface area contributed by atoms with Gasteiger partial charge in [-0.3, -0.25) is 4.79 Å². The van der Waals surface area contributed by atoms with E-state index < -0.39 is 40.1 Å². The zero-order chi connectivity index (χ0) is 15.9. The summed E-state index contributed by atoms with van der Waals surface area (Å²) in [5.74, 6) is -1.54. The van der Waals surface area contributed by atoms with E-state index in [1.165, 1.54) is 0 Å². The molecule has 0 atom stereocenters. The van der Waals surface area contributed by atoms with Crippen LogP contribution in [0.4, 0.5) is 17.6 Å². The molecule has 2 rings (SSSR count). The van der Waals surface area contributed by atoms with Crippen LogP contribution in [-0.2, 0) is 6.18 Å². The predicted octanol–water partition coefficient (Wildman–Crippen LogP) is 3.06. The maximum atomic E-state index is 13.7. The van der Waals surface area contributed by atoms with Gasteiger partial charge in [0.25, 0.3) is 5.56 Å². The Hall–Kier alpha value is -2.09. The van der Waals surface area contributed by atoms with Gasteiger partial charge in [0.15, 0.2) is 5.82 Å². The van der Waals surface area contributed by atoms with Gasteiger partial charge in [-0.05, 0) is 13.0 Å². The second-order valence-corrected chi connectivity index (χ2v) is 4.56. The summed E-state index contributed by atoms with van der Waals surface area (Å²) >= 11 is 5.48. The van der Waals surface area contributed by atoms with E-state index in [9.17, 15) is 27.5 Å². The van der Waals surface area contributed by atoms with E-state index in [1.54, 1.807) is 0 Å². The molecule has 0 spiro atoms. The summed E-state index contributed by atoms with van der Waals surface area (Å²) in [5, 5.41) is 12.4. The molecule has 21 heavy (non-hydrogen) atoms. The lowest BCUT2D eigenvalue weighted by Crippen LogP contribution is -2.27. The average Bonchev–Trinajstić information content (AvgIpc) is 2.36. The third kappa shape index (κ3) is 2.71. The number of halogens is 5. The molecule has 1 aromatic heterocycles. The summed E-state index contributed by atoms with van der Waals surface area (Å²) in [5.41, 5.74) is -3.49. The van der Waals surface area contributed by atoms with Crippen LogP contribution in [0.15, 0.2) is 23.1 Å². The van der Waals surface area contributed by atoms with Crippen LogP contribution in [-0.4, -0.2) is 14.9 Å². The molecule has 1 aromatic carbocycles. The SMILES string of the molecule is Cc1c(C(F)(F)F)cnn(-c2cc(O)c(Cl)cc2F)c1=O. The number of hydrogen-bond donors (Lipinski definition) is 1. The van der Waals surface area contributed by atoms with Crippen molar-refractivity contribution in [2.75, 3.05) is 0 Å². The van der Waals surface area contributed by atoms with E-state index >= 15 is 0 Å². The Bertz CT molecular complexity index is 771. The third-order valence-electron chi connectivity index (χ3n) is 2.77. The van der Waals surface area contributed by atoms with Gasteiger partial charge in [0, 0.05) is 11.6 Å². The molecule has 9 heteroatoms. The van der Waals surface area contributed by atoms with E-state index in [-0.39, 0.29) is 5.02 Å². The lowest BCUT2D eigenvalue weighted by molar-refractivity contribution is -0.138. The minimum Gasteiger partial charge on any atom is -0.506 e. The molecule has 1 N–H and O–H groups in total. The van der Waals surface area contributed by atoms with Gasteiger partial charge in [0.1, 0.15) is 11.4 Å². The molecule has 112 valence electrons. The Morgan fingerprint density at radius 1 is 1.33 bits per heavy atom. The molecule has 0 fully saturated rings. The topological polar surface area (TPSA) is 55.1 Å². The highest BCUT2D eigenvalue weighted by Crippen LogP contribution is 2.31. The Balaban J connectivity index is 2.71. The molecular formula is C12H7ClF4N2O2. The van der Waals surface area contributed by atoms with E-state index in [4.69, 9.17) is 11.6 Å². The lowest BCUT2D eigenvalue weighted by Gasteiger charge is -2.12. The van der Waals surface area contributed by atoms with Gasteiger partial charge in [0.2, 0.25) is 0 Å². The van der Waals surface area contributed by atoms with Gasteiger partial charge >= 0.3 is 6.18 Å². The normalized spacial score (nSPS) is 11.7. The molecule has 0 saturated carbocycles. The van der Waals surface area contributed by atoms with Crippen LogP contribution in [0, 0.1) is 12.7 Å². The molecule has 0 bridgehead atoms.